The van der Waals surface area contributed by atoms with Gasteiger partial charge in [0.2, 0.25) is 0 Å². The Labute approximate surface area is 164 Å². The summed E-state index contributed by atoms with van der Waals surface area (Å²) in [5.41, 5.74) is 3.54. The molecule has 0 unspecified atom stereocenters. The van der Waals surface area contributed by atoms with Crippen LogP contribution in [0.1, 0.15) is 39.1 Å². The lowest BCUT2D eigenvalue weighted by Crippen LogP contribution is -2.41. The first-order valence-electron chi connectivity index (χ1n) is 9.95. The number of benzene rings is 3. The van der Waals surface area contributed by atoms with Gasteiger partial charge >= 0.3 is 0 Å². The van der Waals surface area contributed by atoms with Crippen LogP contribution in [0.25, 0.3) is 10.8 Å². The number of rotatable bonds is 4. The zero-order valence-electron chi connectivity index (χ0n) is 15.7. The Morgan fingerprint density at radius 3 is 2.21 bits per heavy atom. The molecule has 0 spiro atoms. The van der Waals surface area contributed by atoms with Gasteiger partial charge in [-0.1, -0.05) is 42.5 Å². The van der Waals surface area contributed by atoms with Crippen molar-refractivity contribution in [2.75, 3.05) is 24.5 Å². The predicted octanol–water partition coefficient (Wildman–Crippen LogP) is 4.28. The molecule has 28 heavy (non-hydrogen) atoms. The normalized spacial score (nSPS) is 16.3. The lowest BCUT2D eigenvalue weighted by atomic mass is 9.92. The summed E-state index contributed by atoms with van der Waals surface area (Å²) in [7, 11) is 0. The Morgan fingerprint density at radius 1 is 0.750 bits per heavy atom. The Morgan fingerprint density at radius 2 is 1.46 bits per heavy atom. The fourth-order valence-electron chi connectivity index (χ4n) is 4.45. The molecule has 3 aromatic rings. The van der Waals surface area contributed by atoms with Gasteiger partial charge < -0.3 is 4.90 Å². The smallest absolute Gasteiger partial charge is 0.261 e. The standard InChI is InChI=1S/C24H22N2O2/c27-23-19-10-6-9-18-21(25-14-4-5-15-25)12-11-20(22(18)19)24(28)26(23)16-13-17-7-2-1-3-8-17/h1-3,6-12H,4-5,13-16H2. The van der Waals surface area contributed by atoms with E-state index in [1.807, 2.05) is 54.6 Å². The third kappa shape index (κ3) is 2.68. The minimum atomic E-state index is -0.183. The largest absolute Gasteiger partial charge is 0.371 e. The van der Waals surface area contributed by atoms with Crippen molar-refractivity contribution in [2.24, 2.45) is 0 Å². The minimum Gasteiger partial charge on any atom is -0.371 e. The molecule has 3 aromatic carbocycles. The molecule has 0 bridgehead atoms. The summed E-state index contributed by atoms with van der Waals surface area (Å²) in [6, 6.07) is 19.8. The van der Waals surface area contributed by atoms with Crippen LogP contribution in [0.2, 0.25) is 0 Å². The van der Waals surface area contributed by atoms with Crippen molar-refractivity contribution in [3.8, 4) is 0 Å². The van der Waals surface area contributed by atoms with Gasteiger partial charge in [0, 0.05) is 47.2 Å². The Hall–Kier alpha value is -3.14. The van der Waals surface area contributed by atoms with Crippen LogP contribution in [0, 0.1) is 0 Å². The highest BCUT2D eigenvalue weighted by Crippen LogP contribution is 2.37. The lowest BCUT2D eigenvalue weighted by molar-refractivity contribution is 0.0612. The Bertz CT molecular complexity index is 1050. The number of carbonyl (C=O) groups excluding carboxylic acids is 2. The van der Waals surface area contributed by atoms with E-state index in [0.717, 1.165) is 35.1 Å². The lowest BCUT2D eigenvalue weighted by Gasteiger charge is -2.29. The van der Waals surface area contributed by atoms with Crippen LogP contribution in [0.5, 0.6) is 0 Å². The van der Waals surface area contributed by atoms with E-state index in [-0.39, 0.29) is 11.8 Å². The van der Waals surface area contributed by atoms with Crippen molar-refractivity contribution in [1.82, 2.24) is 4.90 Å². The third-order valence-corrected chi connectivity index (χ3v) is 5.88. The fourth-order valence-corrected chi connectivity index (χ4v) is 4.45. The van der Waals surface area contributed by atoms with Crippen molar-refractivity contribution in [3.05, 3.63) is 77.4 Å². The highest BCUT2D eigenvalue weighted by atomic mass is 16.2. The number of amides is 2. The van der Waals surface area contributed by atoms with E-state index in [1.54, 1.807) is 0 Å². The molecule has 0 saturated carbocycles. The summed E-state index contributed by atoms with van der Waals surface area (Å²) in [4.78, 5) is 30.1. The number of anilines is 1. The number of nitrogens with zero attached hydrogens (tertiary/aromatic N) is 2. The van der Waals surface area contributed by atoms with Crippen LogP contribution in [0.3, 0.4) is 0 Å². The SMILES string of the molecule is O=C1c2cccc3c(N4CCCC4)ccc(c23)C(=O)N1CCc1ccccc1. The zero-order chi connectivity index (χ0) is 19.1. The van der Waals surface area contributed by atoms with E-state index in [9.17, 15) is 9.59 Å². The molecule has 1 fully saturated rings. The summed E-state index contributed by atoms with van der Waals surface area (Å²) in [6.45, 7) is 2.46. The molecule has 2 amide bonds. The average Bonchev–Trinajstić information content (AvgIpc) is 3.27. The molecule has 2 heterocycles. The van der Waals surface area contributed by atoms with Gasteiger partial charge in [-0.25, -0.2) is 0 Å². The first-order chi connectivity index (χ1) is 13.7. The molecule has 4 nitrogen and oxygen atoms in total. The molecule has 0 radical (unpaired) electrons. The average molecular weight is 370 g/mol. The van der Waals surface area contributed by atoms with E-state index < -0.39 is 0 Å². The number of hydrogen-bond acceptors (Lipinski definition) is 3. The van der Waals surface area contributed by atoms with Gasteiger partial charge in [-0.3, -0.25) is 14.5 Å². The first kappa shape index (κ1) is 17.0. The second-order valence-electron chi connectivity index (χ2n) is 7.55. The third-order valence-electron chi connectivity index (χ3n) is 5.88. The van der Waals surface area contributed by atoms with E-state index in [1.165, 1.54) is 17.7 Å². The van der Waals surface area contributed by atoms with Crippen molar-refractivity contribution in [1.29, 1.82) is 0 Å². The van der Waals surface area contributed by atoms with Gasteiger partial charge in [0.15, 0.2) is 0 Å². The van der Waals surface area contributed by atoms with Gasteiger partial charge in [-0.05, 0) is 43.0 Å². The molecule has 140 valence electrons. The predicted molar refractivity (Wildman–Crippen MR) is 111 cm³/mol. The maximum Gasteiger partial charge on any atom is 0.261 e. The van der Waals surface area contributed by atoms with Gasteiger partial charge in [-0.2, -0.15) is 0 Å². The first-order valence-corrected chi connectivity index (χ1v) is 9.95. The van der Waals surface area contributed by atoms with E-state index in [4.69, 9.17) is 0 Å². The number of hydrogen-bond donors (Lipinski definition) is 0. The minimum absolute atomic E-state index is 0.183. The Balaban J connectivity index is 1.54. The molecule has 0 atom stereocenters. The number of imide groups is 1. The summed E-state index contributed by atoms with van der Waals surface area (Å²) in [5.74, 6) is -0.366. The second-order valence-corrected chi connectivity index (χ2v) is 7.55. The molecular weight excluding hydrogens is 348 g/mol. The van der Waals surface area contributed by atoms with Gasteiger partial charge in [0.1, 0.15) is 0 Å². The van der Waals surface area contributed by atoms with Crippen LogP contribution in [-0.2, 0) is 6.42 Å². The van der Waals surface area contributed by atoms with Crippen LogP contribution in [0.4, 0.5) is 5.69 Å². The van der Waals surface area contributed by atoms with Gasteiger partial charge in [0.25, 0.3) is 11.8 Å². The molecule has 2 aliphatic heterocycles. The summed E-state index contributed by atoms with van der Waals surface area (Å²) in [6.07, 6.45) is 3.04. The number of carbonyl (C=O) groups is 2. The van der Waals surface area contributed by atoms with Crippen LogP contribution >= 0.6 is 0 Å². The quantitative estimate of drug-likeness (QED) is 0.644. The highest BCUT2D eigenvalue weighted by Gasteiger charge is 2.33. The summed E-state index contributed by atoms with van der Waals surface area (Å²) >= 11 is 0. The molecule has 2 aliphatic rings. The monoisotopic (exact) mass is 370 g/mol. The summed E-state index contributed by atoms with van der Waals surface area (Å²) < 4.78 is 0. The van der Waals surface area contributed by atoms with Crippen molar-refractivity contribution in [3.63, 3.8) is 0 Å². The molecule has 4 heteroatoms. The van der Waals surface area contributed by atoms with Crippen LogP contribution in [0.15, 0.2) is 60.7 Å². The van der Waals surface area contributed by atoms with Crippen molar-refractivity contribution < 1.29 is 9.59 Å². The maximum atomic E-state index is 13.2. The molecule has 5 rings (SSSR count). The van der Waals surface area contributed by atoms with Crippen molar-refractivity contribution >= 4 is 28.3 Å². The molecule has 1 saturated heterocycles. The fraction of sp³-hybridized carbons (Fsp3) is 0.250. The molecule has 0 N–H and O–H groups in total. The van der Waals surface area contributed by atoms with Gasteiger partial charge in [0.05, 0.1) is 0 Å². The van der Waals surface area contributed by atoms with E-state index >= 15 is 0 Å². The molecular formula is C24H22N2O2. The topological polar surface area (TPSA) is 40.6 Å². The second kappa shape index (κ2) is 6.79. The Kier molecular flexibility index (Phi) is 4.12. The molecule has 0 aromatic heterocycles. The summed E-state index contributed by atoms with van der Waals surface area (Å²) in [5, 5.41) is 1.83. The maximum absolute atomic E-state index is 13.2. The highest BCUT2D eigenvalue weighted by molar-refractivity contribution is 6.26. The molecule has 0 aliphatic carbocycles. The van der Waals surface area contributed by atoms with Crippen LogP contribution < -0.4 is 4.90 Å². The van der Waals surface area contributed by atoms with E-state index in [2.05, 4.69) is 11.0 Å². The van der Waals surface area contributed by atoms with Gasteiger partial charge in [-0.15, -0.1) is 0 Å². The van der Waals surface area contributed by atoms with Crippen molar-refractivity contribution in [2.45, 2.75) is 19.3 Å². The van der Waals surface area contributed by atoms with Crippen LogP contribution in [-0.4, -0.2) is 36.3 Å². The van der Waals surface area contributed by atoms with E-state index in [0.29, 0.717) is 24.1 Å². The zero-order valence-corrected chi connectivity index (χ0v) is 15.7.